The number of aryl methyl sites for hydroxylation is 1. The largest absolute Gasteiger partial charge is 0.328 e. The van der Waals surface area contributed by atoms with Gasteiger partial charge in [-0.1, -0.05) is 19.1 Å². The van der Waals surface area contributed by atoms with Crippen molar-refractivity contribution in [3.05, 3.63) is 58.0 Å². The zero-order valence-electron chi connectivity index (χ0n) is 11.0. The van der Waals surface area contributed by atoms with Gasteiger partial charge in [0.1, 0.15) is 5.82 Å². The molecule has 2 N–H and O–H groups in total. The van der Waals surface area contributed by atoms with Crippen LogP contribution in [-0.4, -0.2) is 9.13 Å². The molecular formula is C14H18FN3O. The summed E-state index contributed by atoms with van der Waals surface area (Å²) in [4.78, 5) is 12.0. The highest BCUT2D eigenvalue weighted by molar-refractivity contribution is 5.24. The molecule has 0 unspecified atom stereocenters. The summed E-state index contributed by atoms with van der Waals surface area (Å²) in [7, 11) is 0. The normalized spacial score (nSPS) is 10.9. The van der Waals surface area contributed by atoms with Crippen LogP contribution in [0.3, 0.4) is 0 Å². The molecular weight excluding hydrogens is 245 g/mol. The SMILES string of the molecule is CCCn1ccn(Cc2ccc(CN)cc2F)c1=O. The average Bonchev–Trinajstić information content (AvgIpc) is 2.74. The molecule has 1 aromatic carbocycles. The maximum atomic E-state index is 13.8. The molecule has 1 aromatic heterocycles. The topological polar surface area (TPSA) is 52.9 Å². The van der Waals surface area contributed by atoms with Gasteiger partial charge in [0.2, 0.25) is 0 Å². The van der Waals surface area contributed by atoms with E-state index in [0.29, 0.717) is 18.7 Å². The number of nitrogens with two attached hydrogens (primary N) is 1. The fraction of sp³-hybridized carbons (Fsp3) is 0.357. The van der Waals surface area contributed by atoms with E-state index < -0.39 is 0 Å². The second-order valence-electron chi connectivity index (χ2n) is 4.53. The molecule has 0 saturated carbocycles. The molecule has 1 heterocycles. The number of halogens is 1. The first-order valence-corrected chi connectivity index (χ1v) is 6.38. The maximum absolute atomic E-state index is 13.8. The van der Waals surface area contributed by atoms with Crippen LogP contribution in [0.25, 0.3) is 0 Å². The molecule has 0 aliphatic rings. The smallest absolute Gasteiger partial charge is 0.326 e. The van der Waals surface area contributed by atoms with Gasteiger partial charge in [-0.25, -0.2) is 9.18 Å². The van der Waals surface area contributed by atoms with Crippen molar-refractivity contribution >= 4 is 0 Å². The summed E-state index contributed by atoms with van der Waals surface area (Å²) in [6.45, 7) is 3.24. The highest BCUT2D eigenvalue weighted by atomic mass is 19.1. The van der Waals surface area contributed by atoms with Gasteiger partial charge in [-0.2, -0.15) is 0 Å². The predicted molar refractivity (Wildman–Crippen MR) is 72.4 cm³/mol. The van der Waals surface area contributed by atoms with Crippen LogP contribution in [-0.2, 0) is 19.6 Å². The van der Waals surface area contributed by atoms with E-state index in [1.54, 1.807) is 29.1 Å². The fourth-order valence-electron chi connectivity index (χ4n) is 2.01. The summed E-state index contributed by atoms with van der Waals surface area (Å²) in [6.07, 6.45) is 4.32. The molecule has 4 nitrogen and oxygen atoms in total. The van der Waals surface area contributed by atoms with Crippen molar-refractivity contribution in [2.24, 2.45) is 5.73 Å². The first kappa shape index (κ1) is 13.5. The lowest BCUT2D eigenvalue weighted by Gasteiger charge is -2.05. The lowest BCUT2D eigenvalue weighted by Crippen LogP contribution is -2.24. The number of imidazole rings is 1. The Kier molecular flexibility index (Phi) is 4.16. The zero-order chi connectivity index (χ0) is 13.8. The van der Waals surface area contributed by atoms with Crippen LogP contribution in [0.5, 0.6) is 0 Å². The van der Waals surface area contributed by atoms with Gasteiger partial charge in [0, 0.05) is 31.0 Å². The molecule has 0 spiro atoms. The molecule has 0 aliphatic carbocycles. The van der Waals surface area contributed by atoms with Crippen molar-refractivity contribution < 1.29 is 4.39 Å². The number of benzene rings is 1. The van der Waals surface area contributed by atoms with E-state index in [-0.39, 0.29) is 18.1 Å². The van der Waals surface area contributed by atoms with Crippen LogP contribution in [0.1, 0.15) is 24.5 Å². The van der Waals surface area contributed by atoms with Crippen LogP contribution < -0.4 is 11.4 Å². The van der Waals surface area contributed by atoms with Gasteiger partial charge in [-0.3, -0.25) is 9.13 Å². The van der Waals surface area contributed by atoms with Gasteiger partial charge in [0.05, 0.1) is 6.54 Å². The quantitative estimate of drug-likeness (QED) is 0.892. The highest BCUT2D eigenvalue weighted by Crippen LogP contribution is 2.11. The predicted octanol–water partition coefficient (Wildman–Crippen LogP) is 1.71. The van der Waals surface area contributed by atoms with Crippen LogP contribution in [0.4, 0.5) is 4.39 Å². The molecule has 2 rings (SSSR count). The summed E-state index contributed by atoms with van der Waals surface area (Å²) in [5, 5.41) is 0. The molecule has 2 aromatic rings. The molecule has 19 heavy (non-hydrogen) atoms. The van der Waals surface area contributed by atoms with Crippen molar-refractivity contribution in [3.63, 3.8) is 0 Å². The lowest BCUT2D eigenvalue weighted by atomic mass is 10.1. The molecule has 0 aliphatic heterocycles. The van der Waals surface area contributed by atoms with Crippen molar-refractivity contribution in [1.29, 1.82) is 0 Å². The minimum absolute atomic E-state index is 0.107. The highest BCUT2D eigenvalue weighted by Gasteiger charge is 2.07. The summed E-state index contributed by atoms with van der Waals surface area (Å²) in [5.74, 6) is -0.321. The molecule has 0 amide bonds. The minimum atomic E-state index is -0.321. The monoisotopic (exact) mass is 263 g/mol. The third-order valence-corrected chi connectivity index (χ3v) is 3.08. The Morgan fingerprint density at radius 3 is 2.63 bits per heavy atom. The zero-order valence-corrected chi connectivity index (χ0v) is 11.0. The first-order chi connectivity index (χ1) is 9.15. The third-order valence-electron chi connectivity index (χ3n) is 3.08. The Balaban J connectivity index is 2.24. The molecule has 102 valence electrons. The molecule has 0 fully saturated rings. The van der Waals surface area contributed by atoms with Gasteiger partial charge < -0.3 is 5.73 Å². The Morgan fingerprint density at radius 1 is 1.26 bits per heavy atom. The first-order valence-electron chi connectivity index (χ1n) is 6.38. The number of hydrogen-bond acceptors (Lipinski definition) is 2. The fourth-order valence-corrected chi connectivity index (χ4v) is 2.01. The van der Waals surface area contributed by atoms with Gasteiger partial charge in [-0.15, -0.1) is 0 Å². The van der Waals surface area contributed by atoms with Crippen molar-refractivity contribution in [3.8, 4) is 0 Å². The lowest BCUT2D eigenvalue weighted by molar-refractivity contribution is 0.583. The number of aromatic nitrogens is 2. The molecule has 0 atom stereocenters. The summed E-state index contributed by atoms with van der Waals surface area (Å²) in [5.41, 5.74) is 6.59. The Bertz CT molecular complexity index is 615. The minimum Gasteiger partial charge on any atom is -0.326 e. The van der Waals surface area contributed by atoms with Gasteiger partial charge >= 0.3 is 5.69 Å². The van der Waals surface area contributed by atoms with E-state index >= 15 is 0 Å². The van der Waals surface area contributed by atoms with E-state index in [1.165, 1.54) is 10.6 Å². The van der Waals surface area contributed by atoms with Crippen LogP contribution in [0, 0.1) is 5.82 Å². The van der Waals surface area contributed by atoms with E-state index in [2.05, 4.69) is 0 Å². The van der Waals surface area contributed by atoms with Crippen molar-refractivity contribution in [2.45, 2.75) is 33.0 Å². The number of hydrogen-bond donors (Lipinski definition) is 1. The Morgan fingerprint density at radius 2 is 2.00 bits per heavy atom. The summed E-state index contributed by atoms with van der Waals surface area (Å²) in [6, 6.07) is 4.89. The third kappa shape index (κ3) is 2.93. The van der Waals surface area contributed by atoms with E-state index in [1.807, 2.05) is 6.92 Å². The van der Waals surface area contributed by atoms with Crippen LogP contribution >= 0.6 is 0 Å². The van der Waals surface area contributed by atoms with Crippen LogP contribution in [0.2, 0.25) is 0 Å². The van der Waals surface area contributed by atoms with Gasteiger partial charge in [-0.05, 0) is 18.1 Å². The average molecular weight is 263 g/mol. The molecule has 0 radical (unpaired) electrons. The van der Waals surface area contributed by atoms with Gasteiger partial charge in [0.25, 0.3) is 0 Å². The van der Waals surface area contributed by atoms with Crippen molar-refractivity contribution in [1.82, 2.24) is 9.13 Å². The standard InChI is InChI=1S/C14H18FN3O/c1-2-5-17-6-7-18(14(17)19)10-12-4-3-11(9-16)8-13(12)15/h3-4,6-8H,2,5,9-10,16H2,1H3. The number of rotatable bonds is 5. The van der Waals surface area contributed by atoms with Crippen LogP contribution in [0.15, 0.2) is 35.4 Å². The molecule has 0 saturated heterocycles. The number of nitrogens with zero attached hydrogens (tertiary/aromatic N) is 2. The van der Waals surface area contributed by atoms with Gasteiger partial charge in [0.15, 0.2) is 0 Å². The molecule has 5 heteroatoms. The van der Waals surface area contributed by atoms with E-state index in [4.69, 9.17) is 5.73 Å². The Labute approximate surface area is 111 Å². The summed E-state index contributed by atoms with van der Waals surface area (Å²) < 4.78 is 17.0. The van der Waals surface area contributed by atoms with E-state index in [9.17, 15) is 9.18 Å². The molecule has 0 bridgehead atoms. The Hall–Kier alpha value is -1.88. The maximum Gasteiger partial charge on any atom is 0.328 e. The summed E-state index contributed by atoms with van der Waals surface area (Å²) >= 11 is 0. The second kappa shape index (κ2) is 5.84. The van der Waals surface area contributed by atoms with E-state index in [0.717, 1.165) is 12.0 Å². The second-order valence-corrected chi connectivity index (χ2v) is 4.53. The van der Waals surface area contributed by atoms with Crippen molar-refractivity contribution in [2.75, 3.05) is 0 Å².